The molecule has 11 heteroatoms. The highest BCUT2D eigenvalue weighted by atomic mass is 32.2. The molecule has 142 valence electrons. The maximum Gasteiger partial charge on any atom is 0.417 e. The number of hydrogen-bond acceptors (Lipinski definition) is 4. The first-order chi connectivity index (χ1) is 12.0. The lowest BCUT2D eigenvalue weighted by Crippen LogP contribution is -2.19. The number of hydrogen-bond donors (Lipinski definition) is 2. The Labute approximate surface area is 145 Å². The van der Waals surface area contributed by atoms with Gasteiger partial charge in [-0.15, -0.1) is 0 Å². The molecule has 2 aromatic carbocycles. The molecule has 0 spiro atoms. The molecular weight excluding hydrogens is 383 g/mol. The fraction of sp³-hybridized carbons (Fsp3) is 0.200. The first kappa shape index (κ1) is 19.9. The predicted octanol–water partition coefficient (Wildman–Crippen LogP) is 3.57. The van der Waals surface area contributed by atoms with Gasteiger partial charge in [-0.1, -0.05) is 12.1 Å². The number of rotatable bonds is 6. The summed E-state index contributed by atoms with van der Waals surface area (Å²) in [6.07, 6.45) is -4.93. The number of benzene rings is 2. The molecule has 0 fully saturated rings. The Morgan fingerprint density at radius 2 is 1.81 bits per heavy atom. The van der Waals surface area contributed by atoms with Crippen LogP contribution in [-0.2, 0) is 22.7 Å². The van der Waals surface area contributed by atoms with Gasteiger partial charge in [-0.2, -0.15) is 22.0 Å². The average Bonchev–Trinajstić information content (AvgIpc) is 2.50. The molecule has 0 saturated carbocycles. The minimum Gasteiger partial charge on any atom is -0.435 e. The van der Waals surface area contributed by atoms with Crippen molar-refractivity contribution in [1.29, 1.82) is 0 Å². The minimum absolute atomic E-state index is 0.00748. The smallest absolute Gasteiger partial charge is 0.417 e. The zero-order valence-electron chi connectivity index (χ0n) is 12.9. The van der Waals surface area contributed by atoms with Crippen LogP contribution in [0.3, 0.4) is 0 Å². The molecule has 0 aliphatic heterocycles. The Kier molecular flexibility index (Phi) is 5.71. The SMILES string of the molecule is NS(=O)(=O)c1ccc(NCc2cccc(OC(F)F)c2)cc1C(F)(F)F. The van der Waals surface area contributed by atoms with E-state index in [2.05, 4.69) is 10.1 Å². The van der Waals surface area contributed by atoms with Gasteiger partial charge in [0.1, 0.15) is 5.75 Å². The number of primary sulfonamides is 1. The molecule has 0 atom stereocenters. The number of anilines is 1. The summed E-state index contributed by atoms with van der Waals surface area (Å²) in [4.78, 5) is -1.04. The standard InChI is InChI=1S/C15H13F5N2O3S/c16-14(17)25-11-3-1-2-9(6-11)8-22-10-4-5-13(26(21,23)24)12(7-10)15(18,19)20/h1-7,14,22H,8H2,(H2,21,23,24). The van der Waals surface area contributed by atoms with Crippen LogP contribution in [0.25, 0.3) is 0 Å². The second-order valence-corrected chi connectivity index (χ2v) is 6.66. The second kappa shape index (κ2) is 7.46. The maximum atomic E-state index is 13.1. The molecule has 3 N–H and O–H groups in total. The molecule has 5 nitrogen and oxygen atoms in total. The number of sulfonamides is 1. The van der Waals surface area contributed by atoms with E-state index in [1.54, 1.807) is 6.07 Å². The third-order valence-electron chi connectivity index (χ3n) is 3.21. The van der Waals surface area contributed by atoms with Crippen molar-refractivity contribution < 1.29 is 35.1 Å². The first-order valence-electron chi connectivity index (χ1n) is 6.98. The lowest BCUT2D eigenvalue weighted by Gasteiger charge is -2.14. The van der Waals surface area contributed by atoms with E-state index in [1.165, 1.54) is 18.2 Å². The molecule has 0 bridgehead atoms. The molecule has 0 aliphatic rings. The normalized spacial score (nSPS) is 12.3. The van der Waals surface area contributed by atoms with E-state index in [4.69, 9.17) is 5.14 Å². The zero-order chi connectivity index (χ0) is 19.5. The lowest BCUT2D eigenvalue weighted by molar-refractivity contribution is -0.139. The number of ether oxygens (including phenoxy) is 1. The van der Waals surface area contributed by atoms with Crippen LogP contribution in [0.5, 0.6) is 5.75 Å². The lowest BCUT2D eigenvalue weighted by atomic mass is 10.1. The minimum atomic E-state index is -4.93. The Morgan fingerprint density at radius 1 is 1.12 bits per heavy atom. The van der Waals surface area contributed by atoms with Crippen molar-refractivity contribution >= 4 is 15.7 Å². The van der Waals surface area contributed by atoms with E-state index in [9.17, 15) is 30.4 Å². The summed E-state index contributed by atoms with van der Waals surface area (Å²) in [5.41, 5.74) is -0.961. The van der Waals surface area contributed by atoms with Gasteiger partial charge in [0.25, 0.3) is 0 Å². The van der Waals surface area contributed by atoms with E-state index in [0.717, 1.165) is 12.1 Å². The summed E-state index contributed by atoms with van der Waals surface area (Å²) in [6, 6.07) is 8.07. The topological polar surface area (TPSA) is 81.4 Å². The summed E-state index contributed by atoms with van der Waals surface area (Å²) in [6.45, 7) is -3.01. The molecular formula is C15H13F5N2O3S. The quantitative estimate of drug-likeness (QED) is 0.732. The van der Waals surface area contributed by atoms with Crippen molar-refractivity contribution in [2.24, 2.45) is 5.14 Å². The molecule has 0 aliphatic carbocycles. The van der Waals surface area contributed by atoms with E-state index < -0.39 is 33.3 Å². The molecule has 0 radical (unpaired) electrons. The number of alkyl halides is 5. The number of nitrogens with two attached hydrogens (primary N) is 1. The van der Waals surface area contributed by atoms with Crippen LogP contribution in [0.15, 0.2) is 47.4 Å². The Hall–Kier alpha value is -2.40. The highest BCUT2D eigenvalue weighted by Gasteiger charge is 2.36. The van der Waals surface area contributed by atoms with Crippen molar-refractivity contribution in [2.75, 3.05) is 5.32 Å². The molecule has 26 heavy (non-hydrogen) atoms. The van der Waals surface area contributed by atoms with Gasteiger partial charge in [-0.05, 0) is 35.9 Å². The van der Waals surface area contributed by atoms with Crippen LogP contribution in [0, 0.1) is 0 Å². The maximum absolute atomic E-state index is 13.1. The molecule has 0 heterocycles. The summed E-state index contributed by atoms with van der Waals surface area (Å²) in [5.74, 6) is -0.0974. The van der Waals surface area contributed by atoms with Crippen molar-refractivity contribution in [3.05, 3.63) is 53.6 Å². The number of nitrogens with one attached hydrogen (secondary N) is 1. The van der Waals surface area contributed by atoms with Crippen LogP contribution in [0.1, 0.15) is 11.1 Å². The van der Waals surface area contributed by atoms with Gasteiger partial charge < -0.3 is 10.1 Å². The van der Waals surface area contributed by atoms with Gasteiger partial charge in [0.15, 0.2) is 0 Å². The summed E-state index contributed by atoms with van der Waals surface area (Å²) >= 11 is 0. The predicted molar refractivity (Wildman–Crippen MR) is 83.2 cm³/mol. The Balaban J connectivity index is 2.23. The van der Waals surface area contributed by atoms with Crippen LogP contribution in [0.2, 0.25) is 0 Å². The first-order valence-corrected chi connectivity index (χ1v) is 8.53. The molecule has 0 aromatic heterocycles. The van der Waals surface area contributed by atoms with Gasteiger partial charge in [0.05, 0.1) is 10.5 Å². The van der Waals surface area contributed by atoms with Crippen molar-refractivity contribution in [3.8, 4) is 5.75 Å². The van der Waals surface area contributed by atoms with Crippen LogP contribution in [0.4, 0.5) is 27.6 Å². The second-order valence-electron chi connectivity index (χ2n) is 5.13. The summed E-state index contributed by atoms with van der Waals surface area (Å²) in [5, 5.41) is 7.46. The zero-order valence-corrected chi connectivity index (χ0v) is 13.7. The fourth-order valence-corrected chi connectivity index (χ4v) is 2.88. The summed E-state index contributed by atoms with van der Waals surface area (Å²) < 4.78 is 90.4. The van der Waals surface area contributed by atoms with Crippen LogP contribution >= 0.6 is 0 Å². The highest BCUT2D eigenvalue weighted by molar-refractivity contribution is 7.89. The average molecular weight is 396 g/mol. The van der Waals surface area contributed by atoms with E-state index in [0.29, 0.717) is 11.6 Å². The Morgan fingerprint density at radius 3 is 2.38 bits per heavy atom. The van der Waals surface area contributed by atoms with Crippen molar-refractivity contribution in [2.45, 2.75) is 24.2 Å². The molecule has 0 amide bonds. The van der Waals surface area contributed by atoms with E-state index >= 15 is 0 Å². The van der Waals surface area contributed by atoms with E-state index in [-0.39, 0.29) is 18.0 Å². The fourth-order valence-electron chi connectivity index (χ4n) is 2.15. The Bertz CT molecular complexity index is 885. The van der Waals surface area contributed by atoms with Crippen molar-refractivity contribution in [1.82, 2.24) is 0 Å². The molecule has 2 aromatic rings. The largest absolute Gasteiger partial charge is 0.435 e. The number of halogens is 5. The van der Waals surface area contributed by atoms with Crippen molar-refractivity contribution in [3.63, 3.8) is 0 Å². The molecule has 0 saturated heterocycles. The van der Waals surface area contributed by atoms with Crippen LogP contribution in [-0.4, -0.2) is 15.0 Å². The van der Waals surface area contributed by atoms with Gasteiger partial charge in [-0.25, -0.2) is 13.6 Å². The van der Waals surface area contributed by atoms with Crippen LogP contribution < -0.4 is 15.2 Å². The van der Waals surface area contributed by atoms with Gasteiger partial charge in [0, 0.05) is 12.2 Å². The van der Waals surface area contributed by atoms with Gasteiger partial charge in [0.2, 0.25) is 10.0 Å². The van der Waals surface area contributed by atoms with Gasteiger partial charge >= 0.3 is 12.8 Å². The highest BCUT2D eigenvalue weighted by Crippen LogP contribution is 2.35. The third-order valence-corrected chi connectivity index (χ3v) is 4.18. The summed E-state index contributed by atoms with van der Waals surface area (Å²) in [7, 11) is -4.55. The monoisotopic (exact) mass is 396 g/mol. The van der Waals surface area contributed by atoms with E-state index in [1.807, 2.05) is 0 Å². The third kappa shape index (κ3) is 5.30. The van der Waals surface area contributed by atoms with Gasteiger partial charge in [-0.3, -0.25) is 0 Å². The molecule has 0 unspecified atom stereocenters. The molecule has 2 rings (SSSR count).